The number of hydrogen-bond acceptors (Lipinski definition) is 4. The van der Waals surface area contributed by atoms with Gasteiger partial charge in [-0.15, -0.1) is 11.3 Å². The Hall–Kier alpha value is -2.05. The van der Waals surface area contributed by atoms with Gasteiger partial charge in [0.1, 0.15) is 0 Å². The third kappa shape index (κ3) is 4.18. The molecule has 7 heteroatoms. The highest BCUT2D eigenvalue weighted by molar-refractivity contribution is 7.10. The van der Waals surface area contributed by atoms with Crippen LogP contribution in [-0.4, -0.2) is 54.3 Å². The predicted molar refractivity (Wildman–Crippen MR) is 113 cm³/mol. The summed E-state index contributed by atoms with van der Waals surface area (Å²) >= 11 is 8.04. The van der Waals surface area contributed by atoms with Crippen molar-refractivity contribution in [1.29, 1.82) is 0 Å². The average Bonchev–Trinajstić information content (AvgIpc) is 3.20. The number of benzene rings is 1. The smallest absolute Gasteiger partial charge is 0.223 e. The molecule has 0 saturated carbocycles. The van der Waals surface area contributed by atoms with Gasteiger partial charge in [0.15, 0.2) is 0 Å². The van der Waals surface area contributed by atoms with Crippen molar-refractivity contribution < 1.29 is 9.59 Å². The Bertz CT molecular complexity index is 861. The van der Waals surface area contributed by atoms with Crippen molar-refractivity contribution in [2.24, 2.45) is 0 Å². The van der Waals surface area contributed by atoms with E-state index < -0.39 is 0 Å². The second-order valence-electron chi connectivity index (χ2n) is 7.25. The first-order chi connectivity index (χ1) is 13.6. The van der Waals surface area contributed by atoms with Crippen molar-refractivity contribution in [2.75, 3.05) is 37.6 Å². The molecule has 2 aliphatic rings. The molecule has 148 valence electrons. The number of thiophene rings is 1. The lowest BCUT2D eigenvalue weighted by atomic mass is 10.1. The van der Waals surface area contributed by atoms with Crippen LogP contribution in [0, 0.1) is 0 Å². The van der Waals surface area contributed by atoms with Gasteiger partial charge in [-0.05, 0) is 35.6 Å². The number of carbonyl (C=O) groups is 2. The molecule has 1 fully saturated rings. The van der Waals surface area contributed by atoms with Crippen LogP contribution in [0.4, 0.5) is 5.69 Å². The third-order valence-electron chi connectivity index (χ3n) is 5.54. The standard InChI is InChI=1S/C21H24ClN3O2S/c22-17-3-1-2-4-18(17)23-10-12-24(13-11-23)20(26)5-6-21(27)25-9-7-19-16(15-25)8-14-28-19/h1-4,8,14H,5-7,9-13,15H2. The Balaban J connectivity index is 1.24. The fourth-order valence-electron chi connectivity index (χ4n) is 3.90. The van der Waals surface area contributed by atoms with Gasteiger partial charge in [0, 0.05) is 57.0 Å². The Morgan fingerprint density at radius 1 is 0.929 bits per heavy atom. The van der Waals surface area contributed by atoms with Crippen LogP contribution in [0.5, 0.6) is 0 Å². The summed E-state index contributed by atoms with van der Waals surface area (Å²) in [6.45, 7) is 4.30. The largest absolute Gasteiger partial charge is 0.367 e. The Kier molecular flexibility index (Phi) is 5.87. The van der Waals surface area contributed by atoms with Crippen LogP contribution < -0.4 is 4.90 Å². The molecular formula is C21H24ClN3O2S. The minimum atomic E-state index is 0.0698. The molecule has 0 spiro atoms. The third-order valence-corrected chi connectivity index (χ3v) is 6.88. The second-order valence-corrected chi connectivity index (χ2v) is 8.66. The lowest BCUT2D eigenvalue weighted by Gasteiger charge is -2.36. The summed E-state index contributed by atoms with van der Waals surface area (Å²) in [5.41, 5.74) is 2.27. The van der Waals surface area contributed by atoms with Gasteiger partial charge in [0.25, 0.3) is 0 Å². The van der Waals surface area contributed by atoms with Crippen molar-refractivity contribution in [3.8, 4) is 0 Å². The fourth-order valence-corrected chi connectivity index (χ4v) is 5.04. The molecule has 0 bridgehead atoms. The van der Waals surface area contributed by atoms with Crippen LogP contribution in [0.15, 0.2) is 35.7 Å². The molecule has 1 saturated heterocycles. The van der Waals surface area contributed by atoms with Gasteiger partial charge in [-0.1, -0.05) is 23.7 Å². The fraction of sp³-hybridized carbons (Fsp3) is 0.429. The molecule has 5 nitrogen and oxygen atoms in total. The van der Waals surface area contributed by atoms with Gasteiger partial charge in [-0.25, -0.2) is 0 Å². The first-order valence-corrected chi connectivity index (χ1v) is 11.0. The SMILES string of the molecule is O=C(CCC(=O)N1CCc2sccc2C1)N1CCN(c2ccccc2Cl)CC1. The summed E-state index contributed by atoms with van der Waals surface area (Å²) in [5.74, 6) is 0.153. The first-order valence-electron chi connectivity index (χ1n) is 9.72. The maximum Gasteiger partial charge on any atom is 0.223 e. The number of fused-ring (bicyclic) bond motifs is 1. The summed E-state index contributed by atoms with van der Waals surface area (Å²) in [7, 11) is 0. The lowest BCUT2D eigenvalue weighted by Crippen LogP contribution is -2.49. The lowest BCUT2D eigenvalue weighted by molar-refractivity contribution is -0.137. The topological polar surface area (TPSA) is 43.9 Å². The highest BCUT2D eigenvalue weighted by atomic mass is 35.5. The van der Waals surface area contributed by atoms with Gasteiger partial charge in [-0.2, -0.15) is 0 Å². The van der Waals surface area contributed by atoms with Crippen LogP contribution in [0.2, 0.25) is 5.02 Å². The van der Waals surface area contributed by atoms with Crippen molar-refractivity contribution >= 4 is 40.4 Å². The molecule has 28 heavy (non-hydrogen) atoms. The molecule has 2 aromatic rings. The number of amides is 2. The molecule has 0 N–H and O–H groups in total. The van der Waals surface area contributed by atoms with E-state index >= 15 is 0 Å². The van der Waals surface area contributed by atoms with Crippen LogP contribution in [0.1, 0.15) is 23.3 Å². The Labute approximate surface area is 174 Å². The number of rotatable bonds is 4. The quantitative estimate of drug-likeness (QED) is 0.765. The zero-order valence-corrected chi connectivity index (χ0v) is 17.3. The van der Waals surface area contributed by atoms with Gasteiger partial charge in [-0.3, -0.25) is 9.59 Å². The van der Waals surface area contributed by atoms with Gasteiger partial charge < -0.3 is 14.7 Å². The van der Waals surface area contributed by atoms with Crippen molar-refractivity contribution in [3.05, 3.63) is 51.2 Å². The number of carbonyl (C=O) groups excluding carboxylic acids is 2. The minimum Gasteiger partial charge on any atom is -0.367 e. The van der Waals surface area contributed by atoms with Gasteiger partial charge in [0.05, 0.1) is 10.7 Å². The van der Waals surface area contributed by atoms with E-state index in [9.17, 15) is 9.59 Å². The Morgan fingerprint density at radius 3 is 2.39 bits per heavy atom. The zero-order chi connectivity index (χ0) is 19.5. The molecule has 3 heterocycles. The van der Waals surface area contributed by atoms with E-state index in [2.05, 4.69) is 16.3 Å². The highest BCUT2D eigenvalue weighted by Gasteiger charge is 2.25. The molecular weight excluding hydrogens is 394 g/mol. The van der Waals surface area contributed by atoms with Gasteiger partial charge in [0.2, 0.25) is 11.8 Å². The van der Waals surface area contributed by atoms with E-state index in [0.29, 0.717) is 26.1 Å². The second kappa shape index (κ2) is 8.53. The Morgan fingerprint density at radius 2 is 1.64 bits per heavy atom. The highest BCUT2D eigenvalue weighted by Crippen LogP contribution is 2.26. The molecule has 1 aromatic heterocycles. The number of piperazine rings is 1. The summed E-state index contributed by atoms with van der Waals surface area (Å²) in [6.07, 6.45) is 1.51. The van der Waals surface area contributed by atoms with Crippen LogP contribution in [-0.2, 0) is 22.6 Å². The summed E-state index contributed by atoms with van der Waals surface area (Å²) in [4.78, 5) is 32.4. The number of halogens is 1. The van der Waals surface area contributed by atoms with E-state index in [-0.39, 0.29) is 18.2 Å². The van der Waals surface area contributed by atoms with Crippen molar-refractivity contribution in [3.63, 3.8) is 0 Å². The summed E-state index contributed by atoms with van der Waals surface area (Å²) < 4.78 is 0. The predicted octanol–water partition coefficient (Wildman–Crippen LogP) is 3.42. The van der Waals surface area contributed by atoms with E-state index in [4.69, 9.17) is 11.6 Å². The summed E-state index contributed by atoms with van der Waals surface area (Å²) in [5, 5.41) is 2.83. The number of hydrogen-bond donors (Lipinski definition) is 0. The number of nitrogens with zero attached hydrogens (tertiary/aromatic N) is 3. The van der Waals surface area contributed by atoms with Crippen LogP contribution >= 0.6 is 22.9 Å². The number of anilines is 1. The van der Waals surface area contributed by atoms with E-state index in [1.165, 1.54) is 10.4 Å². The van der Waals surface area contributed by atoms with E-state index in [1.807, 2.05) is 34.1 Å². The molecule has 2 amide bonds. The van der Waals surface area contributed by atoms with Gasteiger partial charge >= 0.3 is 0 Å². The minimum absolute atomic E-state index is 0.0698. The van der Waals surface area contributed by atoms with Crippen LogP contribution in [0.25, 0.3) is 0 Å². The molecule has 2 aliphatic heterocycles. The van der Waals surface area contributed by atoms with Crippen LogP contribution in [0.3, 0.4) is 0 Å². The number of para-hydroxylation sites is 1. The molecule has 1 aromatic carbocycles. The molecule has 0 aliphatic carbocycles. The first kappa shape index (κ1) is 19.3. The zero-order valence-electron chi connectivity index (χ0n) is 15.8. The maximum absolute atomic E-state index is 12.6. The van der Waals surface area contributed by atoms with Crippen molar-refractivity contribution in [1.82, 2.24) is 9.80 Å². The van der Waals surface area contributed by atoms with Crippen molar-refractivity contribution in [2.45, 2.75) is 25.8 Å². The monoisotopic (exact) mass is 417 g/mol. The molecule has 4 rings (SSSR count). The maximum atomic E-state index is 12.6. The summed E-state index contributed by atoms with van der Waals surface area (Å²) in [6, 6.07) is 9.90. The molecule has 0 unspecified atom stereocenters. The van der Waals surface area contributed by atoms with E-state index in [0.717, 1.165) is 36.8 Å². The molecule has 0 atom stereocenters. The normalized spacial score (nSPS) is 16.8. The van der Waals surface area contributed by atoms with E-state index in [1.54, 1.807) is 11.3 Å². The molecule has 0 radical (unpaired) electrons. The average molecular weight is 418 g/mol.